The zero-order valence-corrected chi connectivity index (χ0v) is 14.7. The summed E-state index contributed by atoms with van der Waals surface area (Å²) in [6.07, 6.45) is 3.95. The highest BCUT2D eigenvalue weighted by Crippen LogP contribution is 2.27. The van der Waals surface area contributed by atoms with Crippen LogP contribution in [-0.2, 0) is 11.2 Å². The second-order valence-electron chi connectivity index (χ2n) is 5.30. The van der Waals surface area contributed by atoms with Crippen molar-refractivity contribution in [1.29, 1.82) is 0 Å². The fraction of sp³-hybridized carbons (Fsp3) is 0.250. The fourth-order valence-electron chi connectivity index (χ4n) is 2.42. The maximum atomic E-state index is 12.0. The molecule has 1 amide bonds. The lowest BCUT2D eigenvalue weighted by molar-refractivity contribution is -0.116. The Morgan fingerprint density at radius 2 is 1.68 bits per heavy atom. The summed E-state index contributed by atoms with van der Waals surface area (Å²) in [5.41, 5.74) is 1.92. The van der Waals surface area contributed by atoms with Crippen LogP contribution in [0.1, 0.15) is 11.1 Å². The summed E-state index contributed by atoms with van der Waals surface area (Å²) in [7, 11) is 4.81. The molecule has 0 saturated carbocycles. The maximum absolute atomic E-state index is 12.0. The molecule has 0 aliphatic heterocycles. The molecule has 2 aromatic rings. The zero-order valence-electron chi connectivity index (χ0n) is 14.7. The number of carbonyl (C=O) groups excluding carboxylic acids is 1. The topological polar surface area (TPSA) is 56.8 Å². The van der Waals surface area contributed by atoms with Crippen molar-refractivity contribution in [3.05, 3.63) is 59.7 Å². The van der Waals surface area contributed by atoms with Gasteiger partial charge in [0.2, 0.25) is 5.91 Å². The highest BCUT2D eigenvalue weighted by Gasteiger charge is 2.04. The molecule has 0 aliphatic rings. The third-order valence-electron chi connectivity index (χ3n) is 3.72. The molecule has 0 unspecified atom stereocenters. The molecule has 0 bridgehead atoms. The molecule has 0 aromatic heterocycles. The van der Waals surface area contributed by atoms with Crippen LogP contribution in [0.3, 0.4) is 0 Å². The monoisotopic (exact) mass is 341 g/mol. The van der Waals surface area contributed by atoms with Gasteiger partial charge in [0.15, 0.2) is 11.5 Å². The molecule has 0 heterocycles. The average molecular weight is 341 g/mol. The SMILES string of the molecule is COc1ccccc1CCNC(=O)C=Cc1ccc(OC)c(OC)c1. The number of rotatable bonds is 8. The minimum atomic E-state index is -0.148. The molecule has 1 N–H and O–H groups in total. The molecule has 2 aromatic carbocycles. The first-order valence-corrected chi connectivity index (χ1v) is 7.97. The summed E-state index contributed by atoms with van der Waals surface area (Å²) >= 11 is 0. The van der Waals surface area contributed by atoms with Crippen LogP contribution < -0.4 is 19.5 Å². The summed E-state index contributed by atoms with van der Waals surface area (Å²) in [6.45, 7) is 0.537. The summed E-state index contributed by atoms with van der Waals surface area (Å²) in [6, 6.07) is 13.3. The highest BCUT2D eigenvalue weighted by atomic mass is 16.5. The maximum Gasteiger partial charge on any atom is 0.244 e. The lowest BCUT2D eigenvalue weighted by Gasteiger charge is -2.08. The first-order valence-electron chi connectivity index (χ1n) is 7.97. The van der Waals surface area contributed by atoms with Gasteiger partial charge < -0.3 is 19.5 Å². The first-order chi connectivity index (χ1) is 12.2. The van der Waals surface area contributed by atoms with E-state index in [1.165, 1.54) is 6.08 Å². The van der Waals surface area contributed by atoms with Crippen LogP contribution in [0.4, 0.5) is 0 Å². The van der Waals surface area contributed by atoms with Crippen molar-refractivity contribution in [2.24, 2.45) is 0 Å². The van der Waals surface area contributed by atoms with Crippen molar-refractivity contribution >= 4 is 12.0 Å². The molecule has 0 fully saturated rings. The first kappa shape index (κ1) is 18.4. The van der Waals surface area contributed by atoms with Gasteiger partial charge >= 0.3 is 0 Å². The van der Waals surface area contributed by atoms with Crippen LogP contribution in [0.5, 0.6) is 17.2 Å². The van der Waals surface area contributed by atoms with E-state index in [9.17, 15) is 4.79 Å². The molecule has 0 aliphatic carbocycles. The molecule has 132 valence electrons. The molecule has 0 spiro atoms. The molecule has 5 nitrogen and oxygen atoms in total. The van der Waals surface area contributed by atoms with Gasteiger partial charge in [-0.2, -0.15) is 0 Å². The quantitative estimate of drug-likeness (QED) is 0.750. The third-order valence-corrected chi connectivity index (χ3v) is 3.72. The molecular formula is C20H23NO4. The van der Waals surface area contributed by atoms with Crippen LogP contribution in [0.2, 0.25) is 0 Å². The predicted molar refractivity (Wildman–Crippen MR) is 98.3 cm³/mol. The standard InChI is InChI=1S/C20H23NO4/c1-23-17-7-5-4-6-16(17)12-13-21-20(22)11-9-15-8-10-18(24-2)19(14-15)25-3/h4-11,14H,12-13H2,1-3H3,(H,21,22). The summed E-state index contributed by atoms with van der Waals surface area (Å²) in [4.78, 5) is 12.0. The van der Waals surface area contributed by atoms with E-state index < -0.39 is 0 Å². The van der Waals surface area contributed by atoms with Gasteiger partial charge in [-0.15, -0.1) is 0 Å². The van der Waals surface area contributed by atoms with Crippen LogP contribution in [0, 0.1) is 0 Å². The van der Waals surface area contributed by atoms with Gasteiger partial charge in [0.1, 0.15) is 5.75 Å². The van der Waals surface area contributed by atoms with E-state index in [4.69, 9.17) is 14.2 Å². The Morgan fingerprint density at radius 3 is 2.40 bits per heavy atom. The average Bonchev–Trinajstić information content (AvgIpc) is 2.66. The third kappa shape index (κ3) is 5.28. The number of hydrogen-bond acceptors (Lipinski definition) is 4. The van der Waals surface area contributed by atoms with E-state index in [1.54, 1.807) is 33.5 Å². The lowest BCUT2D eigenvalue weighted by Crippen LogP contribution is -2.23. The van der Waals surface area contributed by atoms with E-state index in [1.807, 2.05) is 36.4 Å². The molecular weight excluding hydrogens is 318 g/mol. The Labute approximate surface area is 148 Å². The van der Waals surface area contributed by atoms with Gasteiger partial charge in [0.05, 0.1) is 21.3 Å². The Morgan fingerprint density at radius 1 is 0.960 bits per heavy atom. The molecule has 5 heteroatoms. The van der Waals surface area contributed by atoms with Crippen LogP contribution >= 0.6 is 0 Å². The number of benzene rings is 2. The Bertz CT molecular complexity index is 740. The van der Waals surface area contributed by atoms with Gasteiger partial charge in [-0.05, 0) is 41.8 Å². The van der Waals surface area contributed by atoms with Gasteiger partial charge in [-0.3, -0.25) is 4.79 Å². The summed E-state index contributed by atoms with van der Waals surface area (Å²) in [5.74, 6) is 1.96. The molecule has 0 atom stereocenters. The molecule has 0 radical (unpaired) electrons. The Hall–Kier alpha value is -2.95. The number of nitrogens with one attached hydrogen (secondary N) is 1. The fourth-order valence-corrected chi connectivity index (χ4v) is 2.42. The zero-order chi connectivity index (χ0) is 18.1. The van der Waals surface area contributed by atoms with Crippen molar-refractivity contribution in [2.45, 2.75) is 6.42 Å². The van der Waals surface area contributed by atoms with E-state index >= 15 is 0 Å². The molecule has 0 saturated heterocycles. The number of carbonyl (C=O) groups is 1. The van der Waals surface area contributed by atoms with E-state index in [0.717, 1.165) is 16.9 Å². The van der Waals surface area contributed by atoms with Crippen LogP contribution in [0.25, 0.3) is 6.08 Å². The smallest absolute Gasteiger partial charge is 0.244 e. The van der Waals surface area contributed by atoms with Gasteiger partial charge in [0, 0.05) is 12.6 Å². The number of hydrogen-bond donors (Lipinski definition) is 1. The normalized spacial score (nSPS) is 10.5. The van der Waals surface area contributed by atoms with Gasteiger partial charge in [0.25, 0.3) is 0 Å². The Kier molecular flexibility index (Phi) is 6.89. The van der Waals surface area contributed by atoms with E-state index in [2.05, 4.69) is 5.32 Å². The number of ether oxygens (including phenoxy) is 3. The van der Waals surface area contributed by atoms with Crippen molar-refractivity contribution in [3.63, 3.8) is 0 Å². The summed E-state index contributed by atoms with van der Waals surface area (Å²) < 4.78 is 15.7. The minimum Gasteiger partial charge on any atom is -0.496 e. The van der Waals surface area contributed by atoms with Crippen LogP contribution in [0.15, 0.2) is 48.5 Å². The lowest BCUT2D eigenvalue weighted by atomic mass is 10.1. The van der Waals surface area contributed by atoms with Crippen molar-refractivity contribution in [1.82, 2.24) is 5.32 Å². The van der Waals surface area contributed by atoms with Crippen molar-refractivity contribution in [2.75, 3.05) is 27.9 Å². The Balaban J connectivity index is 1.88. The number of para-hydroxylation sites is 1. The van der Waals surface area contributed by atoms with Crippen molar-refractivity contribution in [3.8, 4) is 17.2 Å². The predicted octanol–water partition coefficient (Wildman–Crippen LogP) is 3.08. The van der Waals surface area contributed by atoms with Crippen LogP contribution in [-0.4, -0.2) is 33.8 Å². The van der Waals surface area contributed by atoms with Gasteiger partial charge in [-0.1, -0.05) is 24.3 Å². The summed E-state index contributed by atoms with van der Waals surface area (Å²) in [5, 5.41) is 2.87. The minimum absolute atomic E-state index is 0.148. The number of methoxy groups -OCH3 is 3. The number of amides is 1. The van der Waals surface area contributed by atoms with E-state index in [0.29, 0.717) is 24.5 Å². The van der Waals surface area contributed by atoms with Crippen molar-refractivity contribution < 1.29 is 19.0 Å². The molecule has 25 heavy (non-hydrogen) atoms. The highest BCUT2D eigenvalue weighted by molar-refractivity contribution is 5.91. The second-order valence-corrected chi connectivity index (χ2v) is 5.30. The van der Waals surface area contributed by atoms with Gasteiger partial charge in [-0.25, -0.2) is 0 Å². The molecule has 2 rings (SSSR count). The van der Waals surface area contributed by atoms with E-state index in [-0.39, 0.29) is 5.91 Å². The largest absolute Gasteiger partial charge is 0.496 e. The second kappa shape index (κ2) is 9.37.